The van der Waals surface area contributed by atoms with Gasteiger partial charge in [-0.05, 0) is 51.5 Å². The van der Waals surface area contributed by atoms with E-state index in [1.54, 1.807) is 13.8 Å². The average molecular weight is 522 g/mol. The van der Waals surface area contributed by atoms with Crippen LogP contribution in [0, 0.1) is 19.8 Å². The molecular formula is C25H35N3O5S2. The van der Waals surface area contributed by atoms with Gasteiger partial charge in [0.25, 0.3) is 10.0 Å². The molecule has 35 heavy (non-hydrogen) atoms. The van der Waals surface area contributed by atoms with Crippen LogP contribution in [0.4, 0.5) is 0 Å². The summed E-state index contributed by atoms with van der Waals surface area (Å²) in [5, 5.41) is 24.8. The van der Waals surface area contributed by atoms with Crippen LogP contribution >= 0.6 is 11.3 Å². The third-order valence-electron chi connectivity index (χ3n) is 5.96. The number of carbonyl (C=O) groups is 1. The number of aryl methyl sites for hydroxylation is 2. The third-order valence-corrected chi connectivity index (χ3v) is 9.45. The van der Waals surface area contributed by atoms with Crippen molar-refractivity contribution < 1.29 is 23.4 Å². The highest BCUT2D eigenvalue weighted by Crippen LogP contribution is 2.27. The number of sulfonamides is 1. The number of amides is 1. The van der Waals surface area contributed by atoms with E-state index in [4.69, 9.17) is 0 Å². The summed E-state index contributed by atoms with van der Waals surface area (Å²) in [5.41, 5.74) is 1.30. The van der Waals surface area contributed by atoms with Gasteiger partial charge in [0.15, 0.2) is 4.21 Å². The zero-order valence-electron chi connectivity index (χ0n) is 20.4. The summed E-state index contributed by atoms with van der Waals surface area (Å²) in [6.07, 6.45) is 4.52. The van der Waals surface area contributed by atoms with E-state index in [0.717, 1.165) is 34.0 Å². The Morgan fingerprint density at radius 3 is 2.51 bits per heavy atom. The first kappa shape index (κ1) is 27.5. The van der Waals surface area contributed by atoms with E-state index in [1.807, 2.05) is 36.4 Å². The number of benzene rings is 1. The van der Waals surface area contributed by atoms with Crippen molar-refractivity contribution in [2.75, 3.05) is 13.1 Å². The molecule has 3 rings (SSSR count). The van der Waals surface area contributed by atoms with Gasteiger partial charge in [0.2, 0.25) is 5.91 Å². The number of thiazole rings is 1. The second-order valence-corrected chi connectivity index (χ2v) is 12.5. The van der Waals surface area contributed by atoms with Gasteiger partial charge < -0.3 is 15.5 Å². The first-order valence-corrected chi connectivity index (χ1v) is 14.1. The largest absolute Gasteiger partial charge is 0.392 e. The number of aliphatic hydroxyl groups excluding tert-OH is 2. The van der Waals surface area contributed by atoms with Crippen LogP contribution in [0.5, 0.6) is 0 Å². The third kappa shape index (κ3) is 7.68. The Hall–Kier alpha value is -2.11. The first-order valence-electron chi connectivity index (χ1n) is 11.9. The fourth-order valence-corrected chi connectivity index (χ4v) is 7.45. The van der Waals surface area contributed by atoms with Gasteiger partial charge >= 0.3 is 0 Å². The van der Waals surface area contributed by atoms with Gasteiger partial charge in [-0.25, -0.2) is 13.4 Å². The molecular weight excluding hydrogens is 486 g/mol. The maximum atomic E-state index is 13.4. The molecule has 1 heterocycles. The van der Waals surface area contributed by atoms with Crippen LogP contribution in [0.3, 0.4) is 0 Å². The molecule has 0 saturated carbocycles. The Kier molecular flexibility index (Phi) is 9.60. The van der Waals surface area contributed by atoms with E-state index >= 15 is 0 Å². The number of aliphatic hydroxyl groups is 2. The van der Waals surface area contributed by atoms with Gasteiger partial charge in [0, 0.05) is 19.5 Å². The molecule has 0 fully saturated rings. The minimum atomic E-state index is -4.01. The van der Waals surface area contributed by atoms with Crippen molar-refractivity contribution in [3.05, 3.63) is 58.7 Å². The Labute approximate surface area is 211 Å². The topological polar surface area (TPSA) is 120 Å². The second-order valence-electron chi connectivity index (χ2n) is 9.18. The maximum Gasteiger partial charge on any atom is 0.254 e. The summed E-state index contributed by atoms with van der Waals surface area (Å²) in [6, 6.07) is 8.74. The summed E-state index contributed by atoms with van der Waals surface area (Å²) < 4.78 is 28.1. The van der Waals surface area contributed by atoms with Crippen LogP contribution < -0.4 is 5.32 Å². The van der Waals surface area contributed by atoms with E-state index in [-0.39, 0.29) is 29.1 Å². The lowest BCUT2D eigenvalue weighted by molar-refractivity contribution is -0.123. The monoisotopic (exact) mass is 521 g/mol. The second kappa shape index (κ2) is 12.2. The number of nitrogens with zero attached hydrogens (tertiary/aromatic N) is 2. The molecule has 4 atom stereocenters. The van der Waals surface area contributed by atoms with Crippen LogP contribution in [0.2, 0.25) is 0 Å². The minimum Gasteiger partial charge on any atom is -0.392 e. The van der Waals surface area contributed by atoms with Gasteiger partial charge in [-0.1, -0.05) is 42.5 Å². The van der Waals surface area contributed by atoms with E-state index in [2.05, 4.69) is 16.4 Å². The van der Waals surface area contributed by atoms with Gasteiger partial charge in [-0.15, -0.1) is 11.3 Å². The minimum absolute atomic E-state index is 0.0968. The van der Waals surface area contributed by atoms with Crippen LogP contribution in [0.25, 0.3) is 0 Å². The van der Waals surface area contributed by atoms with Crippen LogP contribution in [0.15, 0.2) is 46.7 Å². The fourth-order valence-electron chi connectivity index (χ4n) is 4.29. The number of aromatic nitrogens is 1. The van der Waals surface area contributed by atoms with E-state index in [9.17, 15) is 23.4 Å². The highest BCUT2D eigenvalue weighted by Gasteiger charge is 2.34. The number of hydrogen-bond acceptors (Lipinski definition) is 7. The SMILES string of the molecule is Cc1nc(C)c(S(=O)(=O)N(C[C@@H](O)[C@H](Cc2ccccc2)NC(=O)CC2C=CCC2)C[C@@H](C)O)s1. The average Bonchev–Trinajstić information content (AvgIpc) is 3.42. The molecule has 3 N–H and O–H groups in total. The highest BCUT2D eigenvalue weighted by molar-refractivity contribution is 7.91. The summed E-state index contributed by atoms with van der Waals surface area (Å²) in [7, 11) is -4.01. The number of rotatable bonds is 12. The molecule has 0 aliphatic heterocycles. The number of hydrogen-bond donors (Lipinski definition) is 3. The molecule has 0 saturated heterocycles. The van der Waals surface area contributed by atoms with E-state index in [1.165, 1.54) is 6.92 Å². The lowest BCUT2D eigenvalue weighted by atomic mass is 9.99. The van der Waals surface area contributed by atoms with Crippen molar-refractivity contribution in [3.8, 4) is 0 Å². The fraction of sp³-hybridized carbons (Fsp3) is 0.520. The highest BCUT2D eigenvalue weighted by atomic mass is 32.2. The van der Waals surface area contributed by atoms with Gasteiger partial charge in [0.05, 0.1) is 29.0 Å². The van der Waals surface area contributed by atoms with Gasteiger partial charge in [0.1, 0.15) is 0 Å². The molecule has 8 nitrogen and oxygen atoms in total. The van der Waals surface area contributed by atoms with E-state index in [0.29, 0.717) is 23.5 Å². The van der Waals surface area contributed by atoms with Crippen LogP contribution in [-0.4, -0.2) is 65.2 Å². The molecule has 1 aliphatic rings. The van der Waals surface area contributed by atoms with Crippen molar-refractivity contribution in [2.45, 2.75) is 68.9 Å². The van der Waals surface area contributed by atoms with Crippen molar-refractivity contribution in [1.29, 1.82) is 0 Å². The van der Waals surface area contributed by atoms with Crippen molar-refractivity contribution >= 4 is 27.3 Å². The molecule has 10 heteroatoms. The molecule has 2 aromatic rings. The van der Waals surface area contributed by atoms with Gasteiger partial charge in [-0.3, -0.25) is 4.79 Å². The summed E-state index contributed by atoms with van der Waals surface area (Å²) in [6.45, 7) is 4.40. The Morgan fingerprint density at radius 2 is 1.94 bits per heavy atom. The Bertz CT molecular complexity index is 1120. The number of nitrogens with one attached hydrogen (secondary N) is 1. The quantitative estimate of drug-likeness (QED) is 0.369. The lowest BCUT2D eigenvalue weighted by Crippen LogP contribution is -2.51. The first-order chi connectivity index (χ1) is 16.6. The number of carbonyl (C=O) groups excluding carboxylic acids is 1. The molecule has 0 spiro atoms. The summed E-state index contributed by atoms with van der Waals surface area (Å²) in [5.74, 6) is -0.00503. The van der Waals surface area contributed by atoms with Crippen LogP contribution in [-0.2, 0) is 21.2 Å². The molecule has 0 bridgehead atoms. The zero-order chi connectivity index (χ0) is 25.6. The Morgan fingerprint density at radius 1 is 1.23 bits per heavy atom. The lowest BCUT2D eigenvalue weighted by Gasteiger charge is -2.30. The van der Waals surface area contributed by atoms with Crippen LogP contribution in [0.1, 0.15) is 42.5 Å². The zero-order valence-corrected chi connectivity index (χ0v) is 22.1. The molecule has 1 amide bonds. The van der Waals surface area contributed by atoms with Gasteiger partial charge in [-0.2, -0.15) is 4.31 Å². The van der Waals surface area contributed by atoms with E-state index < -0.39 is 28.3 Å². The molecule has 1 unspecified atom stereocenters. The summed E-state index contributed by atoms with van der Waals surface area (Å²) >= 11 is 1.06. The molecule has 0 radical (unpaired) electrons. The molecule has 1 aromatic heterocycles. The Balaban J connectivity index is 1.82. The molecule has 192 valence electrons. The smallest absolute Gasteiger partial charge is 0.254 e. The van der Waals surface area contributed by atoms with Crippen molar-refractivity contribution in [2.24, 2.45) is 5.92 Å². The number of allylic oxidation sites excluding steroid dienone is 2. The molecule has 1 aliphatic carbocycles. The standard InChI is InChI=1S/C25H35N3O5S2/c1-17(29)15-28(35(32,33)25-18(2)26-19(3)34-25)16-23(30)22(13-20-9-5-4-6-10-20)27-24(31)14-21-11-7-8-12-21/h4-7,9-11,17,21-23,29-30H,8,12-16H2,1-3H3,(H,27,31)/t17-,21?,22+,23-/m1/s1. The normalized spacial score (nSPS) is 18.5. The van der Waals surface area contributed by atoms with Crippen molar-refractivity contribution in [3.63, 3.8) is 0 Å². The predicted octanol–water partition coefficient (Wildman–Crippen LogP) is 2.58. The summed E-state index contributed by atoms with van der Waals surface area (Å²) in [4.78, 5) is 17.0. The molecule has 1 aromatic carbocycles. The maximum absolute atomic E-state index is 13.4. The van der Waals surface area contributed by atoms with Crippen molar-refractivity contribution in [1.82, 2.24) is 14.6 Å². The predicted molar refractivity (Wildman–Crippen MR) is 137 cm³/mol.